The Kier molecular flexibility index (Phi) is 3.84. The third-order valence-electron chi connectivity index (χ3n) is 5.37. The van der Waals surface area contributed by atoms with Gasteiger partial charge in [-0.2, -0.15) is 0 Å². The van der Waals surface area contributed by atoms with E-state index in [2.05, 4.69) is 25.7 Å². The van der Waals surface area contributed by atoms with Crippen LogP contribution in [0.4, 0.5) is 0 Å². The van der Waals surface area contributed by atoms with Crippen LogP contribution in [0.15, 0.2) is 0 Å². The molecule has 0 amide bonds. The van der Waals surface area contributed by atoms with Crippen LogP contribution in [0.25, 0.3) is 0 Å². The first-order valence-electron chi connectivity index (χ1n) is 7.43. The van der Waals surface area contributed by atoms with Crippen LogP contribution in [0.5, 0.6) is 0 Å². The molecule has 17 heavy (non-hydrogen) atoms. The van der Waals surface area contributed by atoms with E-state index in [-0.39, 0.29) is 0 Å². The predicted octanol–water partition coefficient (Wildman–Crippen LogP) is 3.02. The summed E-state index contributed by atoms with van der Waals surface area (Å²) in [6, 6.07) is 0. The minimum Gasteiger partial charge on any atom is -0.330 e. The number of nitrogens with zero attached hydrogens (tertiary/aromatic N) is 1. The summed E-state index contributed by atoms with van der Waals surface area (Å²) in [5.74, 6) is 0.918. The molecule has 2 heteroatoms. The smallest absolute Gasteiger partial charge is 0.0153 e. The van der Waals surface area contributed by atoms with E-state index >= 15 is 0 Å². The highest BCUT2D eigenvalue weighted by molar-refractivity contribution is 4.95. The lowest BCUT2D eigenvalue weighted by atomic mass is 9.70. The van der Waals surface area contributed by atoms with E-state index in [1.165, 1.54) is 51.6 Å². The second-order valence-corrected chi connectivity index (χ2v) is 7.22. The van der Waals surface area contributed by atoms with Crippen LogP contribution in [0.3, 0.4) is 0 Å². The zero-order valence-electron chi connectivity index (χ0n) is 12.0. The quantitative estimate of drug-likeness (QED) is 0.819. The Labute approximate surface area is 107 Å². The van der Waals surface area contributed by atoms with Crippen LogP contribution in [-0.2, 0) is 0 Å². The van der Waals surface area contributed by atoms with Gasteiger partial charge in [0.25, 0.3) is 0 Å². The molecule has 0 aromatic rings. The van der Waals surface area contributed by atoms with Gasteiger partial charge in [0, 0.05) is 12.1 Å². The molecular formula is C15H30N2. The lowest BCUT2D eigenvalue weighted by Gasteiger charge is -2.44. The van der Waals surface area contributed by atoms with Gasteiger partial charge in [0.15, 0.2) is 0 Å². The molecule has 0 unspecified atom stereocenters. The van der Waals surface area contributed by atoms with Gasteiger partial charge in [0.2, 0.25) is 0 Å². The Balaban J connectivity index is 2.00. The van der Waals surface area contributed by atoms with E-state index in [9.17, 15) is 0 Å². The molecule has 2 nitrogen and oxygen atoms in total. The fraction of sp³-hybridized carbons (Fsp3) is 1.00. The summed E-state index contributed by atoms with van der Waals surface area (Å²) in [6.07, 6.45) is 8.17. The second kappa shape index (κ2) is 4.89. The lowest BCUT2D eigenvalue weighted by molar-refractivity contribution is 0.0611. The Bertz CT molecular complexity index is 252. The van der Waals surface area contributed by atoms with Crippen molar-refractivity contribution < 1.29 is 0 Å². The molecule has 1 saturated heterocycles. The minimum absolute atomic E-state index is 0.408. The first-order valence-corrected chi connectivity index (χ1v) is 7.43. The number of hydrogen-bond acceptors (Lipinski definition) is 2. The van der Waals surface area contributed by atoms with Gasteiger partial charge in [-0.15, -0.1) is 0 Å². The molecule has 0 aromatic heterocycles. The third kappa shape index (κ3) is 2.85. The Hall–Kier alpha value is -0.0800. The predicted molar refractivity (Wildman–Crippen MR) is 74.0 cm³/mol. The first-order chi connectivity index (χ1) is 7.97. The standard InChI is InChI=1S/C15H30N2/c1-13-5-8-15(11-16,9-6-13)12-17-10-4-7-14(17,2)3/h13H,4-12,16H2,1-3H3. The molecule has 1 heterocycles. The highest BCUT2D eigenvalue weighted by Crippen LogP contribution is 2.41. The summed E-state index contributed by atoms with van der Waals surface area (Å²) in [5, 5.41) is 0. The van der Waals surface area contributed by atoms with Crippen molar-refractivity contribution in [3.05, 3.63) is 0 Å². The number of hydrogen-bond donors (Lipinski definition) is 1. The minimum atomic E-state index is 0.408. The Morgan fingerprint density at radius 3 is 2.29 bits per heavy atom. The van der Waals surface area contributed by atoms with E-state index in [1.54, 1.807) is 0 Å². The van der Waals surface area contributed by atoms with Crippen molar-refractivity contribution in [1.29, 1.82) is 0 Å². The molecule has 2 fully saturated rings. The van der Waals surface area contributed by atoms with Crippen LogP contribution in [-0.4, -0.2) is 30.1 Å². The molecule has 0 radical (unpaired) electrons. The monoisotopic (exact) mass is 238 g/mol. The zero-order valence-corrected chi connectivity index (χ0v) is 12.0. The zero-order chi connectivity index (χ0) is 12.5. The van der Waals surface area contributed by atoms with E-state index in [0.29, 0.717) is 11.0 Å². The molecule has 2 rings (SSSR count). The molecule has 0 spiro atoms. The lowest BCUT2D eigenvalue weighted by Crippen LogP contribution is -2.49. The number of nitrogens with two attached hydrogens (primary N) is 1. The highest BCUT2D eigenvalue weighted by atomic mass is 15.2. The highest BCUT2D eigenvalue weighted by Gasteiger charge is 2.40. The van der Waals surface area contributed by atoms with Crippen molar-refractivity contribution in [3.8, 4) is 0 Å². The molecule has 0 bridgehead atoms. The Morgan fingerprint density at radius 1 is 1.18 bits per heavy atom. The van der Waals surface area contributed by atoms with Crippen LogP contribution < -0.4 is 5.73 Å². The molecule has 1 saturated carbocycles. The largest absolute Gasteiger partial charge is 0.330 e. The van der Waals surface area contributed by atoms with E-state index in [4.69, 9.17) is 5.73 Å². The third-order valence-corrected chi connectivity index (χ3v) is 5.37. The normalized spacial score (nSPS) is 38.5. The topological polar surface area (TPSA) is 29.3 Å². The van der Waals surface area contributed by atoms with E-state index in [1.807, 2.05) is 0 Å². The summed E-state index contributed by atoms with van der Waals surface area (Å²) in [7, 11) is 0. The fourth-order valence-corrected chi connectivity index (χ4v) is 3.66. The van der Waals surface area contributed by atoms with Crippen molar-refractivity contribution in [2.24, 2.45) is 17.1 Å². The summed E-state index contributed by atoms with van der Waals surface area (Å²) in [6.45, 7) is 10.6. The van der Waals surface area contributed by atoms with Gasteiger partial charge >= 0.3 is 0 Å². The van der Waals surface area contributed by atoms with Crippen molar-refractivity contribution in [1.82, 2.24) is 4.90 Å². The van der Waals surface area contributed by atoms with Gasteiger partial charge < -0.3 is 5.73 Å². The molecule has 0 atom stereocenters. The van der Waals surface area contributed by atoms with Crippen molar-refractivity contribution >= 4 is 0 Å². The first kappa shape index (κ1) is 13.4. The van der Waals surface area contributed by atoms with Crippen molar-refractivity contribution in [2.75, 3.05) is 19.6 Å². The number of likely N-dealkylation sites (tertiary alicyclic amines) is 1. The van der Waals surface area contributed by atoms with Gasteiger partial charge in [0.05, 0.1) is 0 Å². The molecular weight excluding hydrogens is 208 g/mol. The van der Waals surface area contributed by atoms with Gasteiger partial charge in [-0.3, -0.25) is 4.90 Å². The molecule has 100 valence electrons. The molecule has 2 N–H and O–H groups in total. The maximum atomic E-state index is 6.12. The summed E-state index contributed by atoms with van der Waals surface area (Å²) in [5.41, 5.74) is 6.96. The van der Waals surface area contributed by atoms with Crippen molar-refractivity contribution in [3.63, 3.8) is 0 Å². The van der Waals surface area contributed by atoms with Gasteiger partial charge in [0.1, 0.15) is 0 Å². The molecule has 1 aliphatic carbocycles. The molecule has 2 aliphatic rings. The van der Waals surface area contributed by atoms with E-state index < -0.39 is 0 Å². The van der Waals surface area contributed by atoms with Gasteiger partial charge in [-0.05, 0) is 64.0 Å². The maximum absolute atomic E-state index is 6.12. The van der Waals surface area contributed by atoms with Gasteiger partial charge in [-0.25, -0.2) is 0 Å². The van der Waals surface area contributed by atoms with Crippen LogP contribution in [0, 0.1) is 11.3 Å². The van der Waals surface area contributed by atoms with Crippen LogP contribution >= 0.6 is 0 Å². The Morgan fingerprint density at radius 2 is 1.82 bits per heavy atom. The SMILES string of the molecule is CC1CCC(CN)(CN2CCCC2(C)C)CC1. The summed E-state index contributed by atoms with van der Waals surface area (Å²) < 4.78 is 0. The second-order valence-electron chi connectivity index (χ2n) is 7.22. The van der Waals surface area contributed by atoms with Crippen LogP contribution in [0.2, 0.25) is 0 Å². The van der Waals surface area contributed by atoms with Gasteiger partial charge in [-0.1, -0.05) is 19.8 Å². The maximum Gasteiger partial charge on any atom is 0.0153 e. The van der Waals surface area contributed by atoms with Crippen molar-refractivity contribution in [2.45, 2.75) is 64.8 Å². The average molecular weight is 238 g/mol. The average Bonchev–Trinajstić information content (AvgIpc) is 2.62. The van der Waals surface area contributed by atoms with E-state index in [0.717, 1.165) is 12.5 Å². The summed E-state index contributed by atoms with van der Waals surface area (Å²) in [4.78, 5) is 2.70. The van der Waals surface area contributed by atoms with Crippen LogP contribution in [0.1, 0.15) is 59.3 Å². The molecule has 1 aliphatic heterocycles. The molecule has 0 aromatic carbocycles. The summed E-state index contributed by atoms with van der Waals surface area (Å²) >= 11 is 0. The number of rotatable bonds is 3. The fourth-order valence-electron chi connectivity index (χ4n) is 3.66.